The van der Waals surface area contributed by atoms with Crippen LogP contribution in [0.3, 0.4) is 0 Å². The maximum absolute atomic E-state index is 10.7. The van der Waals surface area contributed by atoms with Gasteiger partial charge in [-0.1, -0.05) is 37.3 Å². The molecule has 4 N–H and O–H groups in total. The molecule has 3 aromatic rings. The van der Waals surface area contributed by atoms with E-state index in [0.717, 1.165) is 23.2 Å². The fourth-order valence-corrected chi connectivity index (χ4v) is 4.74. The minimum Gasteiger partial charge on any atom is -0.497 e. The minimum atomic E-state index is -1.57. The third-order valence-electron chi connectivity index (χ3n) is 7.03. The molecule has 1 fully saturated rings. The Hall–Kier alpha value is -3.15. The van der Waals surface area contributed by atoms with Crippen molar-refractivity contribution in [2.75, 3.05) is 20.8 Å². The molecule has 10 heteroatoms. The minimum absolute atomic E-state index is 0.0467. The lowest BCUT2D eigenvalue weighted by atomic mass is 9.98. The Bertz CT molecular complexity index is 1240. The summed E-state index contributed by atoms with van der Waals surface area (Å²) in [6, 6.07) is 13.7. The molecule has 0 radical (unpaired) electrons. The van der Waals surface area contributed by atoms with Gasteiger partial charge in [0.25, 0.3) is 0 Å². The second-order valence-corrected chi connectivity index (χ2v) is 9.89. The fraction of sp³-hybridized carbons (Fsp3) is 0.483. The smallest absolute Gasteiger partial charge is 0.239 e. The largest absolute Gasteiger partial charge is 0.497 e. The molecule has 0 aliphatic carbocycles. The highest BCUT2D eigenvalue weighted by molar-refractivity contribution is 5.68. The zero-order valence-electron chi connectivity index (χ0n) is 22.9. The first-order valence-corrected chi connectivity index (χ1v) is 13.1. The van der Waals surface area contributed by atoms with Crippen molar-refractivity contribution in [1.29, 1.82) is 0 Å². The fourth-order valence-electron chi connectivity index (χ4n) is 4.74. The number of ether oxygens (including phenoxy) is 4. The number of benzene rings is 2. The molecular weight excluding hydrogens is 504 g/mol. The number of hydrogen-bond donors (Lipinski definition) is 4. The highest BCUT2D eigenvalue weighted by Gasteiger charge is 2.45. The van der Waals surface area contributed by atoms with E-state index in [1.54, 1.807) is 20.3 Å². The van der Waals surface area contributed by atoms with Gasteiger partial charge in [0.15, 0.2) is 0 Å². The van der Waals surface area contributed by atoms with E-state index in [1.165, 1.54) is 5.56 Å². The molecule has 4 rings (SSSR count). The van der Waals surface area contributed by atoms with Gasteiger partial charge >= 0.3 is 0 Å². The van der Waals surface area contributed by atoms with Gasteiger partial charge in [-0.2, -0.15) is 0 Å². The van der Waals surface area contributed by atoms with Crippen LogP contribution in [0.1, 0.15) is 43.5 Å². The summed E-state index contributed by atoms with van der Waals surface area (Å²) in [4.78, 5) is 0. The average molecular weight is 543 g/mol. The van der Waals surface area contributed by atoms with Crippen molar-refractivity contribution in [3.8, 4) is 28.6 Å². The normalized spacial score (nSPS) is 23.2. The van der Waals surface area contributed by atoms with E-state index in [0.29, 0.717) is 23.5 Å². The maximum Gasteiger partial charge on any atom is 0.239 e. The van der Waals surface area contributed by atoms with E-state index in [2.05, 4.69) is 19.1 Å². The molecule has 5 atom stereocenters. The Morgan fingerprint density at radius 3 is 2.28 bits per heavy atom. The SMILES string of the molecule is CCc1ccc(-c2c(Cc3ccc(OC)cc3OC)c(O[C@@H]3O[C@H](CO)[C@@H](O)[C@H](O)[C@H]3O)nn2C(C)C)cc1. The molecule has 1 aromatic heterocycles. The maximum atomic E-state index is 10.7. The molecule has 0 saturated carbocycles. The summed E-state index contributed by atoms with van der Waals surface area (Å²) in [6.07, 6.45) is -5.84. The van der Waals surface area contributed by atoms with Gasteiger partial charge in [-0.3, -0.25) is 4.68 Å². The number of aliphatic hydroxyl groups is 4. The van der Waals surface area contributed by atoms with Gasteiger partial charge in [-0.15, -0.1) is 5.10 Å². The van der Waals surface area contributed by atoms with Crippen molar-refractivity contribution >= 4 is 0 Å². The number of methoxy groups -OCH3 is 2. The molecular formula is C29H38N2O8. The van der Waals surface area contributed by atoms with Crippen molar-refractivity contribution in [2.24, 2.45) is 0 Å². The standard InChI is InChI=1S/C29H38N2O8/c1-6-17-7-9-18(10-8-17)24-21(13-19-11-12-20(36-4)14-22(19)37-5)28(30-31(24)16(2)3)39-29-27(35)26(34)25(33)23(15-32)38-29/h7-12,14,16,23,25-27,29,32-35H,6,13,15H2,1-5H3/t23-,25-,26+,27-,29+/m1/s1. The number of rotatable bonds is 10. The molecule has 10 nitrogen and oxygen atoms in total. The predicted octanol–water partition coefficient (Wildman–Crippen LogP) is 2.48. The lowest BCUT2D eigenvalue weighted by Crippen LogP contribution is -2.60. The number of nitrogens with zero attached hydrogens (tertiary/aromatic N) is 2. The van der Waals surface area contributed by atoms with Crippen molar-refractivity contribution in [1.82, 2.24) is 9.78 Å². The third-order valence-corrected chi connectivity index (χ3v) is 7.03. The van der Waals surface area contributed by atoms with Gasteiger partial charge in [-0.05, 0) is 37.5 Å². The molecule has 0 spiro atoms. The molecule has 0 unspecified atom stereocenters. The third kappa shape index (κ3) is 5.90. The Morgan fingerprint density at radius 1 is 0.974 bits per heavy atom. The van der Waals surface area contributed by atoms with E-state index >= 15 is 0 Å². The number of aromatic nitrogens is 2. The van der Waals surface area contributed by atoms with Crippen LogP contribution in [0.4, 0.5) is 0 Å². The molecule has 2 heterocycles. The summed E-state index contributed by atoms with van der Waals surface area (Å²) in [5, 5.41) is 45.6. The van der Waals surface area contributed by atoms with Crippen LogP contribution in [0.15, 0.2) is 42.5 Å². The number of hydrogen-bond acceptors (Lipinski definition) is 9. The zero-order valence-corrected chi connectivity index (χ0v) is 22.9. The molecule has 0 amide bonds. The molecule has 1 saturated heterocycles. The summed E-state index contributed by atoms with van der Waals surface area (Å²) in [5.41, 5.74) is 4.52. The molecule has 1 aliphatic heterocycles. The molecule has 2 aromatic carbocycles. The molecule has 212 valence electrons. The Balaban J connectivity index is 1.84. The monoisotopic (exact) mass is 542 g/mol. The summed E-state index contributed by atoms with van der Waals surface area (Å²) >= 11 is 0. The Labute approximate surface area is 228 Å². The van der Waals surface area contributed by atoms with Gasteiger partial charge in [0.05, 0.1) is 26.5 Å². The van der Waals surface area contributed by atoms with Gasteiger partial charge in [-0.25, -0.2) is 0 Å². The van der Waals surface area contributed by atoms with Gasteiger partial charge in [0.1, 0.15) is 35.9 Å². The summed E-state index contributed by atoms with van der Waals surface area (Å²) in [5.74, 6) is 1.47. The van der Waals surface area contributed by atoms with E-state index in [9.17, 15) is 20.4 Å². The molecule has 1 aliphatic rings. The van der Waals surface area contributed by atoms with Gasteiger partial charge in [0, 0.05) is 29.7 Å². The second kappa shape index (κ2) is 12.4. The number of aryl methyl sites for hydroxylation is 1. The van der Waals surface area contributed by atoms with E-state index in [-0.39, 0.29) is 11.9 Å². The van der Waals surface area contributed by atoms with Crippen LogP contribution in [0, 0.1) is 0 Å². The molecule has 39 heavy (non-hydrogen) atoms. The Kier molecular flexibility index (Phi) is 9.14. The average Bonchev–Trinajstić information content (AvgIpc) is 3.31. The van der Waals surface area contributed by atoms with Crippen LogP contribution in [0.2, 0.25) is 0 Å². The summed E-state index contributed by atoms with van der Waals surface area (Å²) in [7, 11) is 3.18. The highest BCUT2D eigenvalue weighted by Crippen LogP contribution is 2.38. The van der Waals surface area contributed by atoms with Crippen molar-refractivity contribution < 1.29 is 39.4 Å². The lowest BCUT2D eigenvalue weighted by Gasteiger charge is -2.39. The first kappa shape index (κ1) is 28.8. The van der Waals surface area contributed by atoms with Gasteiger partial charge < -0.3 is 39.4 Å². The van der Waals surface area contributed by atoms with Crippen LogP contribution < -0.4 is 14.2 Å². The van der Waals surface area contributed by atoms with Crippen LogP contribution in [0.5, 0.6) is 17.4 Å². The Morgan fingerprint density at radius 2 is 1.69 bits per heavy atom. The topological polar surface area (TPSA) is 136 Å². The van der Waals surface area contributed by atoms with Crippen LogP contribution in [-0.2, 0) is 17.6 Å². The highest BCUT2D eigenvalue weighted by atomic mass is 16.7. The quantitative estimate of drug-likeness (QED) is 0.305. The lowest BCUT2D eigenvalue weighted by molar-refractivity contribution is -0.278. The first-order chi connectivity index (χ1) is 18.7. The van der Waals surface area contributed by atoms with Gasteiger partial charge in [0.2, 0.25) is 12.2 Å². The first-order valence-electron chi connectivity index (χ1n) is 13.1. The van der Waals surface area contributed by atoms with E-state index < -0.39 is 37.3 Å². The summed E-state index contributed by atoms with van der Waals surface area (Å²) in [6.45, 7) is 5.55. The summed E-state index contributed by atoms with van der Waals surface area (Å²) < 4.78 is 24.6. The number of aliphatic hydroxyl groups excluding tert-OH is 4. The predicted molar refractivity (Wildman–Crippen MR) is 144 cm³/mol. The zero-order chi connectivity index (χ0) is 28.3. The van der Waals surface area contributed by atoms with Crippen LogP contribution in [0.25, 0.3) is 11.3 Å². The van der Waals surface area contributed by atoms with Crippen LogP contribution >= 0.6 is 0 Å². The van der Waals surface area contributed by atoms with Crippen molar-refractivity contribution in [3.63, 3.8) is 0 Å². The second-order valence-electron chi connectivity index (χ2n) is 9.89. The van der Waals surface area contributed by atoms with Crippen molar-refractivity contribution in [3.05, 3.63) is 59.2 Å². The van der Waals surface area contributed by atoms with Crippen molar-refractivity contribution in [2.45, 2.75) is 70.4 Å². The molecule has 0 bridgehead atoms. The van der Waals surface area contributed by atoms with Crippen LogP contribution in [-0.4, -0.2) is 81.7 Å². The van der Waals surface area contributed by atoms with E-state index in [4.69, 9.17) is 24.0 Å². The van der Waals surface area contributed by atoms with E-state index in [1.807, 2.05) is 42.8 Å².